The third-order valence-electron chi connectivity index (χ3n) is 1.00. The molecule has 6 heteroatoms. The second-order valence-electron chi connectivity index (χ2n) is 1.73. The number of rotatable bonds is 3. The maximum absolute atomic E-state index is 10.3. The molecule has 0 N–H and O–H groups in total. The van der Waals surface area contributed by atoms with Gasteiger partial charge in [-0.15, -0.1) is 0 Å². The second kappa shape index (κ2) is 3.79. The summed E-state index contributed by atoms with van der Waals surface area (Å²) in [5, 5.41) is 0. The van der Waals surface area contributed by atoms with Crippen LogP contribution in [0.2, 0.25) is 0 Å². The summed E-state index contributed by atoms with van der Waals surface area (Å²) in [6.45, 7) is 0.587. The van der Waals surface area contributed by atoms with Crippen LogP contribution >= 0.6 is 8.69 Å². The van der Waals surface area contributed by atoms with Crippen LogP contribution in [0.1, 0.15) is 0 Å². The molecule has 2 unspecified atom stereocenters. The highest BCUT2D eigenvalue weighted by molar-refractivity contribution is 7.62. The first-order chi connectivity index (χ1) is 4.83. The molecule has 10 heavy (non-hydrogen) atoms. The van der Waals surface area contributed by atoms with Gasteiger partial charge in [0, 0.05) is 0 Å². The lowest BCUT2D eigenvalue weighted by Crippen LogP contribution is -2.15. The van der Waals surface area contributed by atoms with E-state index in [0.717, 1.165) is 0 Å². The summed E-state index contributed by atoms with van der Waals surface area (Å²) in [7, 11) is 5.00. The number of cyclic esters (lactones) is 2. The highest BCUT2D eigenvalue weighted by atomic mass is 31.1. The predicted octanol–water partition coefficient (Wildman–Crippen LogP) is 0.215. The Morgan fingerprint density at radius 1 is 1.90 bits per heavy atom. The van der Waals surface area contributed by atoms with E-state index in [9.17, 15) is 4.79 Å². The Labute approximate surface area is 61.4 Å². The molecule has 0 aliphatic carbocycles. The van der Waals surface area contributed by atoms with Crippen molar-refractivity contribution in [2.75, 3.05) is 13.2 Å². The smallest absolute Gasteiger partial charge is 0.430 e. The van der Waals surface area contributed by atoms with Crippen molar-refractivity contribution in [2.45, 2.75) is 6.10 Å². The predicted molar refractivity (Wildman–Crippen MR) is 36.2 cm³/mol. The topological polar surface area (TPSA) is 44.8 Å². The van der Waals surface area contributed by atoms with Gasteiger partial charge in [0.15, 0.2) is 6.10 Å². The van der Waals surface area contributed by atoms with E-state index in [0.29, 0.717) is 6.61 Å². The molecule has 0 aromatic carbocycles. The van der Waals surface area contributed by atoms with E-state index in [1.807, 2.05) is 0 Å². The number of hydrogen-bond donors (Lipinski definition) is 0. The Bertz CT molecular complexity index is 130. The van der Waals surface area contributed by atoms with Crippen molar-refractivity contribution in [2.24, 2.45) is 0 Å². The second-order valence-corrected chi connectivity index (χ2v) is 2.25. The minimum Gasteiger partial charge on any atom is -0.430 e. The fraction of sp³-hybridized carbons (Fsp3) is 0.750. The first-order valence-corrected chi connectivity index (χ1v) is 3.72. The average molecular weight is 160 g/mol. The van der Waals surface area contributed by atoms with Crippen LogP contribution in [0.5, 0.6) is 0 Å². The van der Waals surface area contributed by atoms with E-state index >= 15 is 0 Å². The molecule has 1 saturated heterocycles. The molecule has 54 valence electrons. The maximum atomic E-state index is 10.3. The quantitative estimate of drug-likeness (QED) is 0.336. The number of hydrogen-bond acceptors (Lipinski definition) is 4. The summed E-state index contributed by atoms with van der Waals surface area (Å²) in [6, 6.07) is 0. The lowest BCUT2D eigenvalue weighted by Gasteiger charge is -2.04. The molecule has 1 fully saturated rings. The van der Waals surface area contributed by atoms with Crippen LogP contribution in [0.4, 0.5) is 4.79 Å². The Hall–Kier alpha value is -0.275. The number of carbonyl (C=O) groups is 1. The number of ether oxygens (including phenoxy) is 2. The Kier molecular flexibility index (Phi) is 2.96. The highest BCUT2D eigenvalue weighted by Gasteiger charge is 2.24. The summed E-state index contributed by atoms with van der Waals surface area (Å²) in [6.07, 6.45) is -0.905. The zero-order valence-corrected chi connectivity index (χ0v) is 6.20. The zero-order valence-electron chi connectivity index (χ0n) is 5.20. The molecule has 1 rings (SSSR count). The standard InChI is InChI=1S/C4H6BO4P/c5-10-8-2-3-1-7-4(6)9-3/h3,10H,1-2H2. The molecular weight excluding hydrogens is 154 g/mol. The Morgan fingerprint density at radius 2 is 2.70 bits per heavy atom. The van der Waals surface area contributed by atoms with E-state index in [4.69, 9.17) is 12.1 Å². The van der Waals surface area contributed by atoms with Gasteiger partial charge < -0.3 is 14.0 Å². The van der Waals surface area contributed by atoms with Gasteiger partial charge >= 0.3 is 6.16 Å². The highest BCUT2D eigenvalue weighted by Crippen LogP contribution is 2.10. The van der Waals surface area contributed by atoms with Gasteiger partial charge in [-0.3, -0.25) is 0 Å². The van der Waals surface area contributed by atoms with Gasteiger partial charge in [0.1, 0.15) is 14.2 Å². The molecule has 2 radical (unpaired) electrons. The minimum absolute atomic E-state index is 0.0703. The van der Waals surface area contributed by atoms with E-state index in [2.05, 4.69) is 9.47 Å². The molecule has 4 nitrogen and oxygen atoms in total. The van der Waals surface area contributed by atoms with E-state index < -0.39 is 6.16 Å². The van der Waals surface area contributed by atoms with Crippen LogP contribution in [-0.2, 0) is 14.0 Å². The van der Waals surface area contributed by atoms with Crippen molar-refractivity contribution in [1.29, 1.82) is 0 Å². The van der Waals surface area contributed by atoms with Crippen molar-refractivity contribution < 1.29 is 18.8 Å². The first kappa shape index (κ1) is 7.83. The summed E-state index contributed by atoms with van der Waals surface area (Å²) < 4.78 is 13.9. The van der Waals surface area contributed by atoms with Crippen LogP contribution in [0, 0.1) is 0 Å². The normalized spacial score (nSPS) is 25.2. The van der Waals surface area contributed by atoms with Gasteiger partial charge in [-0.05, 0) is 8.69 Å². The van der Waals surface area contributed by atoms with E-state index in [-0.39, 0.29) is 21.4 Å². The summed E-state index contributed by atoms with van der Waals surface area (Å²) >= 11 is 0. The molecule has 1 aliphatic rings. The zero-order chi connectivity index (χ0) is 7.40. The van der Waals surface area contributed by atoms with Crippen LogP contribution in [-0.4, -0.2) is 33.0 Å². The van der Waals surface area contributed by atoms with Crippen molar-refractivity contribution in [3.05, 3.63) is 0 Å². The fourth-order valence-corrected chi connectivity index (χ4v) is 0.870. The van der Waals surface area contributed by atoms with Gasteiger partial charge in [0.25, 0.3) is 0 Å². The molecule has 0 spiro atoms. The van der Waals surface area contributed by atoms with Crippen LogP contribution in [0.25, 0.3) is 0 Å². The lowest BCUT2D eigenvalue weighted by atomic mass is 10.4. The van der Waals surface area contributed by atoms with E-state index in [1.165, 1.54) is 0 Å². The molecule has 2 atom stereocenters. The summed E-state index contributed by atoms with van der Waals surface area (Å²) in [5.41, 5.74) is 0. The molecule has 1 aliphatic heterocycles. The largest absolute Gasteiger partial charge is 0.508 e. The lowest BCUT2D eigenvalue weighted by molar-refractivity contribution is 0.103. The van der Waals surface area contributed by atoms with Gasteiger partial charge in [0.05, 0.1) is 6.61 Å². The summed E-state index contributed by atoms with van der Waals surface area (Å²) in [5.74, 6) is 0. The average Bonchev–Trinajstić information content (AvgIpc) is 2.31. The minimum atomic E-state index is -0.631. The van der Waals surface area contributed by atoms with Crippen molar-refractivity contribution >= 4 is 22.4 Å². The molecule has 0 aromatic heterocycles. The fourth-order valence-electron chi connectivity index (χ4n) is 0.588. The molecule has 1 heterocycles. The number of carbonyl (C=O) groups excluding carboxylic acids is 1. The summed E-state index contributed by atoms with van der Waals surface area (Å²) in [4.78, 5) is 10.3. The molecule has 0 bridgehead atoms. The maximum Gasteiger partial charge on any atom is 0.508 e. The molecular formula is C4H6BO4P. The van der Waals surface area contributed by atoms with E-state index in [1.54, 1.807) is 0 Å². The van der Waals surface area contributed by atoms with Crippen LogP contribution in [0.3, 0.4) is 0 Å². The first-order valence-electron chi connectivity index (χ1n) is 2.73. The van der Waals surface area contributed by atoms with Crippen LogP contribution in [0.15, 0.2) is 0 Å². The Balaban J connectivity index is 2.12. The Morgan fingerprint density at radius 3 is 3.20 bits per heavy atom. The molecule has 0 saturated carbocycles. The van der Waals surface area contributed by atoms with Crippen molar-refractivity contribution in [1.82, 2.24) is 0 Å². The third-order valence-corrected chi connectivity index (χ3v) is 1.34. The molecule has 0 aromatic rings. The van der Waals surface area contributed by atoms with Crippen molar-refractivity contribution in [3.8, 4) is 0 Å². The SMILES string of the molecule is [B]POCC1COC(=O)O1. The van der Waals surface area contributed by atoms with Gasteiger partial charge in [-0.25, -0.2) is 4.79 Å². The molecule has 0 amide bonds. The van der Waals surface area contributed by atoms with Gasteiger partial charge in [-0.1, -0.05) is 0 Å². The van der Waals surface area contributed by atoms with Gasteiger partial charge in [-0.2, -0.15) is 0 Å². The van der Waals surface area contributed by atoms with Crippen molar-refractivity contribution in [3.63, 3.8) is 0 Å². The van der Waals surface area contributed by atoms with Gasteiger partial charge in [0.2, 0.25) is 0 Å². The third kappa shape index (κ3) is 2.16. The van der Waals surface area contributed by atoms with Crippen LogP contribution < -0.4 is 0 Å². The monoisotopic (exact) mass is 160 g/mol.